The largest absolute Gasteiger partial charge is 0.379 e. The van der Waals surface area contributed by atoms with Crippen LogP contribution in [0.3, 0.4) is 0 Å². The molecule has 0 aromatic heterocycles. The first-order valence-electron chi connectivity index (χ1n) is 6.08. The van der Waals surface area contributed by atoms with E-state index < -0.39 is 0 Å². The lowest BCUT2D eigenvalue weighted by molar-refractivity contribution is -0.0332. The van der Waals surface area contributed by atoms with Crippen LogP contribution in [0.25, 0.3) is 0 Å². The lowest BCUT2D eigenvalue weighted by Crippen LogP contribution is -2.62. The van der Waals surface area contributed by atoms with Crippen molar-refractivity contribution in [2.24, 2.45) is 5.84 Å². The first kappa shape index (κ1) is 11.3. The highest BCUT2D eigenvalue weighted by molar-refractivity contribution is 5.01. The molecule has 2 fully saturated rings. The van der Waals surface area contributed by atoms with Gasteiger partial charge in [-0.2, -0.15) is 0 Å². The van der Waals surface area contributed by atoms with Gasteiger partial charge in [0, 0.05) is 24.7 Å². The van der Waals surface area contributed by atoms with Crippen LogP contribution in [0.2, 0.25) is 0 Å². The van der Waals surface area contributed by atoms with Crippen molar-refractivity contribution < 1.29 is 4.74 Å². The fourth-order valence-electron chi connectivity index (χ4n) is 3.17. The van der Waals surface area contributed by atoms with Gasteiger partial charge in [0.25, 0.3) is 0 Å². The third-order valence-electron chi connectivity index (χ3n) is 4.17. The first-order valence-corrected chi connectivity index (χ1v) is 6.08. The van der Waals surface area contributed by atoms with Gasteiger partial charge in [0.05, 0.1) is 13.2 Å². The Morgan fingerprint density at radius 3 is 2.40 bits per heavy atom. The molecule has 1 aliphatic carbocycles. The van der Waals surface area contributed by atoms with Gasteiger partial charge in [0.15, 0.2) is 0 Å². The predicted octanol–water partition coefficient (Wildman–Crippen LogP) is 0.483. The molecule has 0 aromatic rings. The number of rotatable bonds is 3. The summed E-state index contributed by atoms with van der Waals surface area (Å²) in [7, 11) is 0. The van der Waals surface area contributed by atoms with Gasteiger partial charge in [0.2, 0.25) is 0 Å². The lowest BCUT2D eigenvalue weighted by Gasteiger charge is -2.47. The average molecular weight is 213 g/mol. The Morgan fingerprint density at radius 1 is 1.27 bits per heavy atom. The van der Waals surface area contributed by atoms with Crippen molar-refractivity contribution in [2.45, 2.75) is 44.2 Å². The topological polar surface area (TPSA) is 50.5 Å². The fourth-order valence-corrected chi connectivity index (χ4v) is 3.17. The van der Waals surface area contributed by atoms with Gasteiger partial charge in [-0.25, -0.2) is 0 Å². The highest BCUT2D eigenvalue weighted by Gasteiger charge is 2.43. The Morgan fingerprint density at radius 2 is 1.87 bits per heavy atom. The van der Waals surface area contributed by atoms with Crippen LogP contribution in [-0.4, -0.2) is 42.8 Å². The molecule has 1 saturated carbocycles. The van der Waals surface area contributed by atoms with Crippen molar-refractivity contribution in [2.75, 3.05) is 26.3 Å². The molecule has 1 aliphatic heterocycles. The zero-order chi connectivity index (χ0) is 10.7. The molecule has 2 rings (SSSR count). The average Bonchev–Trinajstić information content (AvgIpc) is 2.79. The number of nitrogens with zero attached hydrogens (tertiary/aromatic N) is 1. The molecular weight excluding hydrogens is 190 g/mol. The van der Waals surface area contributed by atoms with Crippen molar-refractivity contribution >= 4 is 0 Å². The zero-order valence-corrected chi connectivity index (χ0v) is 9.67. The molecule has 0 radical (unpaired) electrons. The van der Waals surface area contributed by atoms with Crippen molar-refractivity contribution in [3.8, 4) is 0 Å². The second-order valence-electron chi connectivity index (χ2n) is 4.80. The summed E-state index contributed by atoms with van der Waals surface area (Å²) in [6.45, 7) is 6.08. The smallest absolute Gasteiger partial charge is 0.0594 e. The standard InChI is InChI=1S/C11H23N3O/c1-10(13-12)11(4-2-3-5-11)14-6-8-15-9-7-14/h10,13H,2-9,12H2,1H3. The van der Waals surface area contributed by atoms with Crippen molar-refractivity contribution in [3.05, 3.63) is 0 Å². The predicted molar refractivity (Wildman–Crippen MR) is 60.4 cm³/mol. The van der Waals surface area contributed by atoms with E-state index in [9.17, 15) is 0 Å². The van der Waals surface area contributed by atoms with E-state index in [0.717, 1.165) is 26.3 Å². The van der Waals surface area contributed by atoms with Gasteiger partial charge in [-0.1, -0.05) is 12.8 Å². The molecule has 1 unspecified atom stereocenters. The first-order chi connectivity index (χ1) is 7.29. The third kappa shape index (κ3) is 2.04. The highest BCUT2D eigenvalue weighted by Crippen LogP contribution is 2.38. The van der Waals surface area contributed by atoms with Gasteiger partial charge in [-0.15, -0.1) is 0 Å². The minimum atomic E-state index is 0.290. The molecule has 0 bridgehead atoms. The molecule has 0 aromatic carbocycles. The van der Waals surface area contributed by atoms with E-state index in [2.05, 4.69) is 17.2 Å². The monoisotopic (exact) mass is 213 g/mol. The van der Waals surface area contributed by atoms with E-state index in [1.165, 1.54) is 25.7 Å². The van der Waals surface area contributed by atoms with Gasteiger partial charge in [-0.05, 0) is 19.8 Å². The van der Waals surface area contributed by atoms with Crippen LogP contribution < -0.4 is 11.3 Å². The molecule has 1 heterocycles. The van der Waals surface area contributed by atoms with E-state index >= 15 is 0 Å². The number of hydrazine groups is 1. The summed E-state index contributed by atoms with van der Waals surface area (Å²) >= 11 is 0. The molecule has 15 heavy (non-hydrogen) atoms. The Labute approximate surface area is 92.1 Å². The Balaban J connectivity index is 2.09. The van der Waals surface area contributed by atoms with Crippen LogP contribution in [0.5, 0.6) is 0 Å². The lowest BCUT2D eigenvalue weighted by atomic mass is 9.87. The molecule has 3 N–H and O–H groups in total. The number of nitrogens with two attached hydrogens (primary N) is 1. The van der Waals surface area contributed by atoms with E-state index in [1.54, 1.807) is 0 Å². The summed E-state index contributed by atoms with van der Waals surface area (Å²) in [5.41, 5.74) is 3.25. The van der Waals surface area contributed by atoms with E-state index in [4.69, 9.17) is 10.6 Å². The molecule has 0 spiro atoms. The van der Waals surface area contributed by atoms with E-state index in [-0.39, 0.29) is 0 Å². The minimum Gasteiger partial charge on any atom is -0.379 e. The normalized spacial score (nSPS) is 29.2. The van der Waals surface area contributed by atoms with Crippen LogP contribution in [-0.2, 0) is 4.74 Å². The van der Waals surface area contributed by atoms with Crippen LogP contribution in [0.15, 0.2) is 0 Å². The molecule has 2 aliphatic rings. The maximum absolute atomic E-state index is 5.64. The maximum Gasteiger partial charge on any atom is 0.0594 e. The summed E-state index contributed by atoms with van der Waals surface area (Å²) in [4.78, 5) is 2.59. The minimum absolute atomic E-state index is 0.290. The Hall–Kier alpha value is -0.160. The van der Waals surface area contributed by atoms with Crippen LogP contribution in [0, 0.1) is 0 Å². The Bertz CT molecular complexity index is 198. The molecule has 4 nitrogen and oxygen atoms in total. The summed E-state index contributed by atoms with van der Waals surface area (Å²) in [6.07, 6.45) is 5.23. The SMILES string of the molecule is CC(NN)C1(N2CCOCC2)CCCC1. The maximum atomic E-state index is 5.64. The summed E-state index contributed by atoms with van der Waals surface area (Å²) in [5.74, 6) is 5.64. The molecule has 1 saturated heterocycles. The highest BCUT2D eigenvalue weighted by atomic mass is 16.5. The number of hydrogen-bond acceptors (Lipinski definition) is 4. The van der Waals surface area contributed by atoms with E-state index in [0.29, 0.717) is 11.6 Å². The number of ether oxygens (including phenoxy) is 1. The number of nitrogens with one attached hydrogen (secondary N) is 1. The van der Waals surface area contributed by atoms with Crippen LogP contribution >= 0.6 is 0 Å². The summed E-state index contributed by atoms with van der Waals surface area (Å²) in [5, 5.41) is 0. The molecule has 88 valence electrons. The number of morpholine rings is 1. The molecular formula is C11H23N3O. The van der Waals surface area contributed by atoms with Crippen LogP contribution in [0.4, 0.5) is 0 Å². The van der Waals surface area contributed by atoms with Crippen molar-refractivity contribution in [3.63, 3.8) is 0 Å². The third-order valence-corrected chi connectivity index (χ3v) is 4.17. The van der Waals surface area contributed by atoms with Gasteiger partial charge in [0.1, 0.15) is 0 Å². The number of hydrogen-bond donors (Lipinski definition) is 2. The quantitative estimate of drug-likeness (QED) is 0.529. The summed E-state index contributed by atoms with van der Waals surface area (Å²) < 4.78 is 5.42. The van der Waals surface area contributed by atoms with Crippen molar-refractivity contribution in [1.82, 2.24) is 10.3 Å². The summed E-state index contributed by atoms with van der Waals surface area (Å²) in [6, 6.07) is 0.373. The van der Waals surface area contributed by atoms with Gasteiger partial charge in [-0.3, -0.25) is 16.2 Å². The molecule has 4 heteroatoms. The van der Waals surface area contributed by atoms with Gasteiger partial charge >= 0.3 is 0 Å². The fraction of sp³-hybridized carbons (Fsp3) is 1.00. The van der Waals surface area contributed by atoms with E-state index in [1.807, 2.05) is 0 Å². The molecule has 0 amide bonds. The van der Waals surface area contributed by atoms with Crippen LogP contribution in [0.1, 0.15) is 32.6 Å². The zero-order valence-electron chi connectivity index (χ0n) is 9.67. The Kier molecular flexibility index (Phi) is 3.61. The van der Waals surface area contributed by atoms with Gasteiger partial charge < -0.3 is 4.74 Å². The van der Waals surface area contributed by atoms with Crippen molar-refractivity contribution in [1.29, 1.82) is 0 Å². The second kappa shape index (κ2) is 4.78. The molecule has 1 atom stereocenters. The second-order valence-corrected chi connectivity index (χ2v) is 4.80.